The Morgan fingerprint density at radius 3 is 2.52 bits per heavy atom. The van der Waals surface area contributed by atoms with Gasteiger partial charge in [-0.2, -0.15) is 0 Å². The number of benzene rings is 1. The van der Waals surface area contributed by atoms with Crippen LogP contribution in [0, 0.1) is 29.1 Å². The molecule has 7 atom stereocenters. The number of aromatic nitrogens is 1. The van der Waals surface area contributed by atoms with E-state index < -0.39 is 56.2 Å². The third-order valence-corrected chi connectivity index (χ3v) is 13.3. The molecule has 2 saturated carbocycles. The van der Waals surface area contributed by atoms with Gasteiger partial charge < -0.3 is 19.1 Å². The quantitative estimate of drug-likeness (QED) is 0.242. The summed E-state index contributed by atoms with van der Waals surface area (Å²) in [6.07, 6.45) is 7.97. The number of carbonyl (C=O) groups is 4. The van der Waals surface area contributed by atoms with E-state index in [0.717, 1.165) is 6.42 Å². The van der Waals surface area contributed by atoms with Gasteiger partial charge in [0, 0.05) is 28.6 Å². The molecular formula is C40H52ClN3O9S. The van der Waals surface area contributed by atoms with Crippen LogP contribution in [0.3, 0.4) is 0 Å². The Hall–Kier alpha value is -3.71. The smallest absolute Gasteiger partial charge is 0.307 e. The summed E-state index contributed by atoms with van der Waals surface area (Å²) in [4.78, 5) is 62.6. The number of hydrogen-bond acceptors (Lipinski definition) is 10. The monoisotopic (exact) mass is 785 g/mol. The summed E-state index contributed by atoms with van der Waals surface area (Å²) in [5.74, 6) is -2.28. The van der Waals surface area contributed by atoms with Gasteiger partial charge in [-0.1, -0.05) is 37.6 Å². The molecule has 0 spiro atoms. The Morgan fingerprint density at radius 2 is 1.83 bits per heavy atom. The Labute approximate surface area is 322 Å². The summed E-state index contributed by atoms with van der Waals surface area (Å²) in [7, 11) is -2.32. The highest BCUT2D eigenvalue weighted by Crippen LogP contribution is 2.57. The number of nitrogens with one attached hydrogen (secondary N) is 1. The maximum atomic E-state index is 14.8. The van der Waals surface area contributed by atoms with Crippen molar-refractivity contribution in [2.75, 3.05) is 13.7 Å². The van der Waals surface area contributed by atoms with Crippen LogP contribution in [-0.4, -0.2) is 78.5 Å². The third kappa shape index (κ3) is 8.88. The summed E-state index contributed by atoms with van der Waals surface area (Å²) >= 11 is 6.37. The Bertz CT molecular complexity index is 1940. The standard InChI is InChI=1S/C40H52ClN3O9S/c1-23-9-7-8-10-25-19-40(25,38(48)43-54(49,50)28-12-13-28)20-33(45)32-17-27(52-36-31-16-26(41)11-14-29(31)34(51-6)21-42-36)22-44(32)37(47)30(24(2)15-23)18-35(46)53-39(3,4)5/h8,10-11,14,16,21,23-25,27-28,30,32H,7,9,12-13,15,17-20,22H2,1-6H3,(H,43,48)/b10-8-/t23-,24-,25-,27-,30+,32+,40-/m1/s1. The van der Waals surface area contributed by atoms with Crippen molar-refractivity contribution in [2.24, 2.45) is 29.1 Å². The second kappa shape index (κ2) is 15.4. The third-order valence-electron chi connectivity index (χ3n) is 11.2. The summed E-state index contributed by atoms with van der Waals surface area (Å²) in [6, 6.07) is 4.25. The van der Waals surface area contributed by atoms with Crippen LogP contribution in [0.25, 0.3) is 10.8 Å². The lowest BCUT2D eigenvalue weighted by atomic mass is 9.82. The van der Waals surface area contributed by atoms with E-state index in [-0.39, 0.29) is 61.1 Å². The van der Waals surface area contributed by atoms with Crippen LogP contribution in [0.5, 0.6) is 11.6 Å². The van der Waals surface area contributed by atoms with Crippen molar-refractivity contribution in [2.45, 2.75) is 115 Å². The lowest BCUT2D eigenvalue weighted by molar-refractivity contribution is -0.160. The van der Waals surface area contributed by atoms with Crippen LogP contribution < -0.4 is 14.2 Å². The van der Waals surface area contributed by atoms with Crippen LogP contribution in [0.15, 0.2) is 36.5 Å². The molecule has 1 aromatic heterocycles. The first kappa shape index (κ1) is 40.0. The van der Waals surface area contributed by atoms with Gasteiger partial charge >= 0.3 is 5.97 Å². The zero-order chi connectivity index (χ0) is 39.2. The van der Waals surface area contributed by atoms with E-state index in [1.807, 2.05) is 19.1 Å². The molecule has 0 radical (unpaired) electrons. The normalized spacial score (nSPS) is 30.0. The van der Waals surface area contributed by atoms with Gasteiger partial charge in [0.05, 0.1) is 48.9 Å². The molecule has 2 aliphatic carbocycles. The molecule has 2 aromatic rings. The number of pyridine rings is 1. The number of ether oxygens (including phenoxy) is 3. The number of allylic oxidation sites excluding steroid dienone is 2. The summed E-state index contributed by atoms with van der Waals surface area (Å²) < 4.78 is 45.8. The summed E-state index contributed by atoms with van der Waals surface area (Å²) in [5.41, 5.74) is -2.02. The van der Waals surface area contributed by atoms with Crippen molar-refractivity contribution in [3.8, 4) is 11.6 Å². The Morgan fingerprint density at radius 1 is 1.09 bits per heavy atom. The minimum Gasteiger partial charge on any atom is -0.494 e. The van der Waals surface area contributed by atoms with Gasteiger partial charge in [-0.05, 0) is 95.2 Å². The number of amides is 2. The lowest BCUT2D eigenvalue weighted by Crippen LogP contribution is -2.47. The molecule has 54 heavy (non-hydrogen) atoms. The fraction of sp³-hybridized carbons (Fsp3) is 0.625. The number of fused-ring (bicyclic) bond motifs is 3. The number of halogens is 1. The highest BCUT2D eigenvalue weighted by Gasteiger charge is 2.61. The predicted octanol–water partition coefficient (Wildman–Crippen LogP) is 6.18. The molecule has 1 aromatic carbocycles. The van der Waals surface area contributed by atoms with Gasteiger partial charge in [-0.25, -0.2) is 13.4 Å². The molecule has 3 fully saturated rings. The second-order valence-corrected chi connectivity index (χ2v) is 19.2. The van der Waals surface area contributed by atoms with Crippen LogP contribution in [0.2, 0.25) is 5.02 Å². The van der Waals surface area contributed by atoms with Crippen LogP contribution in [0.4, 0.5) is 0 Å². The van der Waals surface area contributed by atoms with Crippen molar-refractivity contribution in [1.29, 1.82) is 0 Å². The van der Waals surface area contributed by atoms with Crippen LogP contribution in [0.1, 0.15) is 92.4 Å². The topological polar surface area (TPSA) is 158 Å². The maximum Gasteiger partial charge on any atom is 0.307 e. The first-order chi connectivity index (χ1) is 25.4. The van der Waals surface area contributed by atoms with Crippen molar-refractivity contribution < 1.29 is 41.8 Å². The highest BCUT2D eigenvalue weighted by atomic mass is 35.5. The summed E-state index contributed by atoms with van der Waals surface area (Å²) in [5, 5.41) is 1.16. The van der Waals surface area contributed by atoms with E-state index in [2.05, 4.69) is 16.6 Å². The van der Waals surface area contributed by atoms with E-state index in [1.165, 1.54) is 18.2 Å². The fourth-order valence-corrected chi connectivity index (χ4v) is 9.69. The molecule has 0 unspecified atom stereocenters. The molecular weight excluding hydrogens is 734 g/mol. The second-order valence-electron chi connectivity index (χ2n) is 16.8. The Kier molecular flexibility index (Phi) is 11.4. The molecule has 3 heterocycles. The lowest BCUT2D eigenvalue weighted by Gasteiger charge is -2.32. The SMILES string of the molecule is COc1cnc(O[C@@H]2C[C@H]3C(=O)C[C@]4(C(=O)NS(=O)(=O)C5CC5)C[C@H]4/C=C\CC[C@@H](C)C[C@@H](C)[C@H](CC(=O)OC(C)(C)C)C(=O)N3C2)c2cc(Cl)ccc12. The fourth-order valence-electron chi connectivity index (χ4n) is 8.13. The number of rotatable bonds is 8. The van der Waals surface area contributed by atoms with Gasteiger partial charge in [0.15, 0.2) is 5.78 Å². The van der Waals surface area contributed by atoms with Crippen molar-refractivity contribution in [3.63, 3.8) is 0 Å². The summed E-state index contributed by atoms with van der Waals surface area (Å²) in [6.45, 7) is 9.42. The highest BCUT2D eigenvalue weighted by molar-refractivity contribution is 7.90. The first-order valence-corrected chi connectivity index (χ1v) is 20.9. The van der Waals surface area contributed by atoms with E-state index >= 15 is 0 Å². The van der Waals surface area contributed by atoms with E-state index in [0.29, 0.717) is 53.6 Å². The average Bonchev–Trinajstić information content (AvgIpc) is 4.01. The average molecular weight is 786 g/mol. The number of esters is 1. The zero-order valence-corrected chi connectivity index (χ0v) is 33.5. The van der Waals surface area contributed by atoms with Crippen molar-refractivity contribution >= 4 is 56.0 Å². The number of ketones is 1. The molecule has 6 rings (SSSR count). The Balaban J connectivity index is 1.36. The number of hydrogen-bond donors (Lipinski definition) is 1. The molecule has 0 bridgehead atoms. The molecule has 4 aliphatic rings. The van der Waals surface area contributed by atoms with E-state index in [4.69, 9.17) is 25.8 Å². The molecule has 1 N–H and O–H groups in total. The first-order valence-electron chi connectivity index (χ1n) is 19.0. The van der Waals surface area contributed by atoms with E-state index in [9.17, 15) is 27.6 Å². The molecule has 14 heteroatoms. The molecule has 294 valence electrons. The van der Waals surface area contributed by atoms with E-state index in [1.54, 1.807) is 39.0 Å². The van der Waals surface area contributed by atoms with Crippen molar-refractivity contribution in [1.82, 2.24) is 14.6 Å². The van der Waals surface area contributed by atoms with Crippen LogP contribution >= 0.6 is 11.6 Å². The minimum absolute atomic E-state index is 0.0245. The van der Waals surface area contributed by atoms with Gasteiger partial charge in [0.2, 0.25) is 27.7 Å². The number of carbonyl (C=O) groups excluding carboxylic acids is 4. The molecule has 1 saturated heterocycles. The van der Waals surface area contributed by atoms with Gasteiger partial charge in [-0.15, -0.1) is 0 Å². The minimum atomic E-state index is -3.86. The number of Topliss-reactive ketones (excluding diaryl/α,β-unsaturated/α-hetero) is 1. The van der Waals surface area contributed by atoms with Gasteiger partial charge in [0.1, 0.15) is 17.5 Å². The number of methoxy groups -OCH3 is 1. The van der Waals surface area contributed by atoms with Crippen LogP contribution in [-0.2, 0) is 33.9 Å². The molecule has 2 aliphatic heterocycles. The van der Waals surface area contributed by atoms with Gasteiger partial charge in [-0.3, -0.25) is 23.9 Å². The number of nitrogens with zero attached hydrogens (tertiary/aromatic N) is 2. The molecule has 12 nitrogen and oxygen atoms in total. The number of sulfonamides is 1. The zero-order valence-electron chi connectivity index (χ0n) is 31.9. The molecule has 2 amide bonds. The maximum absolute atomic E-state index is 14.8. The van der Waals surface area contributed by atoms with Gasteiger partial charge in [0.25, 0.3) is 0 Å². The largest absolute Gasteiger partial charge is 0.494 e. The van der Waals surface area contributed by atoms with Crippen molar-refractivity contribution in [3.05, 3.63) is 41.6 Å². The predicted molar refractivity (Wildman–Crippen MR) is 203 cm³/mol.